The standard InChI is InChI=1S/C21H26N2O4S/c1-7-27-20(26)15-12(2)16(18(25)22-6)28-19(15)23-17(24)13-8-10-14(11-9-13)21(3,4)5/h8-11H,7H2,1-6H3,(H,22,25)(H,23,24). The maximum Gasteiger partial charge on any atom is 0.341 e. The van der Waals surface area contributed by atoms with Gasteiger partial charge in [-0.25, -0.2) is 4.79 Å². The Bertz CT molecular complexity index is 892. The highest BCUT2D eigenvalue weighted by Crippen LogP contribution is 2.34. The second-order valence-electron chi connectivity index (χ2n) is 7.34. The molecule has 0 fully saturated rings. The molecule has 28 heavy (non-hydrogen) atoms. The number of benzene rings is 1. The lowest BCUT2D eigenvalue weighted by atomic mass is 9.87. The zero-order valence-electron chi connectivity index (χ0n) is 17.1. The summed E-state index contributed by atoms with van der Waals surface area (Å²) in [5.74, 6) is -1.23. The first-order valence-corrected chi connectivity index (χ1v) is 9.86. The Morgan fingerprint density at radius 1 is 1.07 bits per heavy atom. The molecule has 6 nitrogen and oxygen atoms in total. The fourth-order valence-electron chi connectivity index (χ4n) is 2.68. The number of nitrogens with one attached hydrogen (secondary N) is 2. The lowest BCUT2D eigenvalue weighted by Gasteiger charge is -2.19. The van der Waals surface area contributed by atoms with E-state index in [4.69, 9.17) is 4.74 Å². The first kappa shape index (κ1) is 21.6. The smallest absolute Gasteiger partial charge is 0.341 e. The summed E-state index contributed by atoms with van der Waals surface area (Å²) in [5.41, 5.74) is 2.27. The van der Waals surface area contributed by atoms with E-state index < -0.39 is 5.97 Å². The number of ether oxygens (including phenoxy) is 1. The molecule has 0 unspecified atom stereocenters. The predicted octanol–water partition coefficient (Wildman–Crippen LogP) is 4.14. The Morgan fingerprint density at radius 2 is 1.68 bits per heavy atom. The van der Waals surface area contributed by atoms with E-state index in [0.717, 1.165) is 16.9 Å². The summed E-state index contributed by atoms with van der Waals surface area (Å²) in [6.45, 7) is 9.87. The third kappa shape index (κ3) is 4.59. The summed E-state index contributed by atoms with van der Waals surface area (Å²) in [5, 5.41) is 5.61. The molecule has 0 spiro atoms. The van der Waals surface area contributed by atoms with Crippen LogP contribution in [-0.2, 0) is 10.2 Å². The van der Waals surface area contributed by atoms with Crippen molar-refractivity contribution in [2.24, 2.45) is 0 Å². The summed E-state index contributed by atoms with van der Waals surface area (Å²) in [6, 6.07) is 7.33. The number of rotatable bonds is 5. The van der Waals surface area contributed by atoms with Crippen LogP contribution in [0.2, 0.25) is 0 Å². The van der Waals surface area contributed by atoms with Gasteiger partial charge in [0, 0.05) is 12.6 Å². The average Bonchev–Trinajstić information content (AvgIpc) is 2.96. The molecule has 0 saturated carbocycles. The molecule has 0 radical (unpaired) electrons. The number of amides is 2. The minimum Gasteiger partial charge on any atom is -0.462 e. The van der Waals surface area contributed by atoms with E-state index >= 15 is 0 Å². The first-order chi connectivity index (χ1) is 13.1. The van der Waals surface area contributed by atoms with Gasteiger partial charge < -0.3 is 15.4 Å². The molecule has 0 saturated heterocycles. The van der Waals surface area contributed by atoms with Crippen molar-refractivity contribution in [3.05, 3.63) is 51.4 Å². The average molecular weight is 403 g/mol. The maximum absolute atomic E-state index is 12.7. The molecule has 2 N–H and O–H groups in total. The molecule has 2 amide bonds. The van der Waals surface area contributed by atoms with Crippen molar-refractivity contribution in [2.75, 3.05) is 19.0 Å². The number of anilines is 1. The van der Waals surface area contributed by atoms with Crippen LogP contribution in [-0.4, -0.2) is 31.4 Å². The highest BCUT2D eigenvalue weighted by atomic mass is 32.1. The van der Waals surface area contributed by atoms with E-state index in [9.17, 15) is 14.4 Å². The second kappa shape index (κ2) is 8.56. The van der Waals surface area contributed by atoms with Crippen molar-refractivity contribution in [3.8, 4) is 0 Å². The summed E-state index contributed by atoms with van der Waals surface area (Å²) in [7, 11) is 1.51. The monoisotopic (exact) mass is 402 g/mol. The SMILES string of the molecule is CCOC(=O)c1c(NC(=O)c2ccc(C(C)(C)C)cc2)sc(C(=O)NC)c1C. The maximum atomic E-state index is 12.7. The number of carbonyl (C=O) groups excluding carboxylic acids is 3. The minimum atomic E-state index is -0.565. The summed E-state index contributed by atoms with van der Waals surface area (Å²) < 4.78 is 5.10. The van der Waals surface area contributed by atoms with Gasteiger partial charge in [-0.1, -0.05) is 32.9 Å². The molecule has 1 aromatic carbocycles. The van der Waals surface area contributed by atoms with Gasteiger partial charge in [-0.3, -0.25) is 9.59 Å². The van der Waals surface area contributed by atoms with Crippen molar-refractivity contribution in [1.82, 2.24) is 5.32 Å². The van der Waals surface area contributed by atoms with Crippen molar-refractivity contribution < 1.29 is 19.1 Å². The summed E-state index contributed by atoms with van der Waals surface area (Å²) in [4.78, 5) is 37.6. The normalized spacial score (nSPS) is 11.1. The Morgan fingerprint density at radius 3 is 2.18 bits per heavy atom. The molecule has 1 heterocycles. The number of esters is 1. The van der Waals surface area contributed by atoms with Gasteiger partial charge in [0.2, 0.25) is 0 Å². The quantitative estimate of drug-likeness (QED) is 0.736. The van der Waals surface area contributed by atoms with Crippen LogP contribution in [0.4, 0.5) is 5.00 Å². The van der Waals surface area contributed by atoms with Gasteiger partial charge >= 0.3 is 5.97 Å². The van der Waals surface area contributed by atoms with E-state index in [1.165, 1.54) is 7.05 Å². The minimum absolute atomic E-state index is 0.0145. The number of hydrogen-bond donors (Lipinski definition) is 2. The van der Waals surface area contributed by atoms with Crippen molar-refractivity contribution in [3.63, 3.8) is 0 Å². The first-order valence-electron chi connectivity index (χ1n) is 9.04. The highest BCUT2D eigenvalue weighted by molar-refractivity contribution is 7.18. The van der Waals surface area contributed by atoms with Gasteiger partial charge in [-0.2, -0.15) is 0 Å². The molecule has 0 bridgehead atoms. The summed E-state index contributed by atoms with van der Waals surface area (Å²) in [6.07, 6.45) is 0. The molecule has 2 rings (SSSR count). The Hall–Kier alpha value is -2.67. The Kier molecular flexibility index (Phi) is 6.61. The van der Waals surface area contributed by atoms with Crippen LogP contribution in [0, 0.1) is 6.92 Å². The zero-order valence-corrected chi connectivity index (χ0v) is 17.9. The van der Waals surface area contributed by atoms with E-state index in [1.807, 2.05) is 12.1 Å². The second-order valence-corrected chi connectivity index (χ2v) is 8.36. The topological polar surface area (TPSA) is 84.5 Å². The van der Waals surface area contributed by atoms with Crippen LogP contribution in [0.1, 0.15) is 69.2 Å². The molecule has 7 heteroatoms. The largest absolute Gasteiger partial charge is 0.462 e. The van der Waals surface area contributed by atoms with E-state index in [2.05, 4.69) is 31.4 Å². The van der Waals surface area contributed by atoms with Gasteiger partial charge in [0.05, 0.1) is 17.0 Å². The molecule has 0 atom stereocenters. The van der Waals surface area contributed by atoms with Crippen molar-refractivity contribution >= 4 is 34.1 Å². The highest BCUT2D eigenvalue weighted by Gasteiger charge is 2.26. The molecule has 2 aromatic rings. The van der Waals surface area contributed by atoms with Gasteiger partial charge in [-0.15, -0.1) is 11.3 Å². The fraction of sp³-hybridized carbons (Fsp3) is 0.381. The van der Waals surface area contributed by atoms with Crippen LogP contribution < -0.4 is 10.6 Å². The Labute approximate surface area is 169 Å². The molecule has 0 aliphatic rings. The lowest BCUT2D eigenvalue weighted by molar-refractivity contribution is 0.0527. The molecular weight excluding hydrogens is 376 g/mol. The molecule has 0 aliphatic carbocycles. The van der Waals surface area contributed by atoms with Gasteiger partial charge in [0.1, 0.15) is 5.00 Å². The van der Waals surface area contributed by atoms with Gasteiger partial charge in [0.25, 0.3) is 11.8 Å². The molecular formula is C21H26N2O4S. The molecule has 0 aliphatic heterocycles. The van der Waals surface area contributed by atoms with Crippen molar-refractivity contribution in [2.45, 2.75) is 40.0 Å². The van der Waals surface area contributed by atoms with Crippen LogP contribution >= 0.6 is 11.3 Å². The third-order valence-electron chi connectivity index (χ3n) is 4.30. The fourth-order valence-corrected chi connectivity index (χ4v) is 3.81. The van der Waals surface area contributed by atoms with E-state index in [-0.39, 0.29) is 29.4 Å². The number of thiophene rings is 1. The zero-order chi connectivity index (χ0) is 21.1. The number of hydrogen-bond acceptors (Lipinski definition) is 5. The molecule has 150 valence electrons. The number of carbonyl (C=O) groups is 3. The predicted molar refractivity (Wildman–Crippen MR) is 111 cm³/mol. The third-order valence-corrected chi connectivity index (χ3v) is 5.51. The lowest BCUT2D eigenvalue weighted by Crippen LogP contribution is -2.18. The molecule has 1 aromatic heterocycles. The van der Waals surface area contributed by atoms with Crippen LogP contribution in [0.3, 0.4) is 0 Å². The van der Waals surface area contributed by atoms with Crippen molar-refractivity contribution in [1.29, 1.82) is 0 Å². The van der Waals surface area contributed by atoms with Gasteiger partial charge in [0.15, 0.2) is 0 Å². The van der Waals surface area contributed by atoms with Crippen LogP contribution in [0.25, 0.3) is 0 Å². The summed E-state index contributed by atoms with van der Waals surface area (Å²) >= 11 is 1.06. The van der Waals surface area contributed by atoms with Crippen LogP contribution in [0.5, 0.6) is 0 Å². The van der Waals surface area contributed by atoms with E-state index in [1.54, 1.807) is 26.0 Å². The van der Waals surface area contributed by atoms with E-state index in [0.29, 0.717) is 21.0 Å². The van der Waals surface area contributed by atoms with Crippen LogP contribution in [0.15, 0.2) is 24.3 Å². The van der Waals surface area contributed by atoms with Gasteiger partial charge in [-0.05, 0) is 42.5 Å². The Balaban J connectivity index is 2.37.